The molecule has 0 fully saturated rings. The maximum Gasteiger partial charge on any atom is 0.190 e. The molecule has 0 bridgehead atoms. The smallest absolute Gasteiger partial charge is 0.190 e. The quantitative estimate of drug-likeness (QED) is 0.437. The molecule has 0 atom stereocenters. The molecule has 0 saturated heterocycles. The number of rotatable bonds is 4. The van der Waals surface area contributed by atoms with Gasteiger partial charge in [-0.05, 0) is 40.2 Å². The number of ether oxygens (including phenoxy) is 1. The van der Waals surface area contributed by atoms with Crippen LogP contribution in [-0.2, 0) is 0 Å². The molecule has 0 radical (unpaired) electrons. The summed E-state index contributed by atoms with van der Waals surface area (Å²) in [5.41, 5.74) is 1.91. The van der Waals surface area contributed by atoms with E-state index in [9.17, 15) is 0 Å². The van der Waals surface area contributed by atoms with E-state index in [1.54, 1.807) is 41.1 Å². The number of aromatic nitrogens is 2. The van der Waals surface area contributed by atoms with Crippen LogP contribution in [0.2, 0.25) is 0 Å². The maximum absolute atomic E-state index is 5.24. The van der Waals surface area contributed by atoms with E-state index in [1.807, 2.05) is 24.3 Å². The van der Waals surface area contributed by atoms with E-state index < -0.39 is 0 Å². The molecule has 0 aliphatic heterocycles. The highest BCUT2D eigenvalue weighted by molar-refractivity contribution is 9.11. The molecule has 0 aliphatic rings. The predicted octanol–water partition coefficient (Wildman–Crippen LogP) is 6.00. The summed E-state index contributed by atoms with van der Waals surface area (Å²) in [5.74, 6) is 0.814. The minimum absolute atomic E-state index is 0.814. The van der Waals surface area contributed by atoms with Crippen molar-refractivity contribution in [2.45, 2.75) is 0 Å². The summed E-state index contributed by atoms with van der Waals surface area (Å²) in [7, 11) is 1.66. The molecule has 0 spiro atoms. The van der Waals surface area contributed by atoms with E-state index in [0.29, 0.717) is 0 Å². The van der Waals surface area contributed by atoms with Crippen LogP contribution < -0.4 is 10.1 Å². The van der Waals surface area contributed by atoms with Gasteiger partial charge in [-0.3, -0.25) is 0 Å². The average molecular weight is 424 g/mol. The van der Waals surface area contributed by atoms with Crippen molar-refractivity contribution in [3.8, 4) is 16.3 Å². The van der Waals surface area contributed by atoms with Gasteiger partial charge in [0.05, 0.1) is 31.7 Å². The predicted molar refractivity (Wildman–Crippen MR) is 103 cm³/mol. The van der Waals surface area contributed by atoms with E-state index in [2.05, 4.69) is 42.7 Å². The molecule has 0 amide bonds. The Morgan fingerprint density at radius 1 is 1.09 bits per heavy atom. The molecular weight excluding hydrogens is 414 g/mol. The van der Waals surface area contributed by atoms with Gasteiger partial charge in [-0.1, -0.05) is 11.3 Å². The van der Waals surface area contributed by atoms with Crippen LogP contribution in [0, 0.1) is 0 Å². The van der Waals surface area contributed by atoms with Crippen molar-refractivity contribution < 1.29 is 4.74 Å². The number of thiophene rings is 1. The minimum Gasteiger partial charge on any atom is -0.497 e. The number of halogens is 1. The Morgan fingerprint density at radius 2 is 2.00 bits per heavy atom. The Bertz CT molecular complexity index is 975. The van der Waals surface area contributed by atoms with Crippen LogP contribution in [0.5, 0.6) is 5.75 Å². The van der Waals surface area contributed by atoms with Gasteiger partial charge in [-0.25, -0.2) is 9.97 Å². The molecule has 8 heteroatoms. The van der Waals surface area contributed by atoms with Crippen molar-refractivity contribution >= 4 is 70.4 Å². The average Bonchev–Trinajstić information content (AvgIpc) is 3.25. The van der Waals surface area contributed by atoms with Gasteiger partial charge in [0.25, 0.3) is 0 Å². The van der Waals surface area contributed by atoms with Gasteiger partial charge in [0, 0.05) is 11.4 Å². The number of benzene rings is 1. The second-order valence-corrected chi connectivity index (χ2v) is 8.97. The molecule has 4 rings (SSSR count). The molecule has 3 heterocycles. The third-order valence-corrected chi connectivity index (χ3v) is 6.49. The Kier molecular flexibility index (Phi) is 4.06. The van der Waals surface area contributed by atoms with Crippen LogP contribution in [-0.4, -0.2) is 17.1 Å². The van der Waals surface area contributed by atoms with Crippen LogP contribution in [0.1, 0.15) is 0 Å². The number of hydrogen-bond donors (Lipinski definition) is 1. The van der Waals surface area contributed by atoms with Gasteiger partial charge >= 0.3 is 0 Å². The zero-order chi connectivity index (χ0) is 15.8. The lowest BCUT2D eigenvalue weighted by Crippen LogP contribution is -1.88. The fourth-order valence-corrected chi connectivity index (χ4v) is 5.12. The second kappa shape index (κ2) is 6.20. The van der Waals surface area contributed by atoms with Crippen molar-refractivity contribution in [3.63, 3.8) is 0 Å². The number of hydrogen-bond acceptors (Lipinski definition) is 7. The van der Waals surface area contributed by atoms with Gasteiger partial charge in [-0.15, -0.1) is 22.7 Å². The molecule has 0 aliphatic carbocycles. The Hall–Kier alpha value is -1.48. The molecule has 0 saturated carbocycles. The molecule has 0 unspecified atom stereocenters. The van der Waals surface area contributed by atoms with Crippen LogP contribution >= 0.6 is 49.9 Å². The molecule has 1 N–H and O–H groups in total. The van der Waals surface area contributed by atoms with Crippen molar-refractivity contribution in [1.82, 2.24) is 9.97 Å². The fourth-order valence-electron chi connectivity index (χ4n) is 2.08. The Labute approximate surface area is 152 Å². The highest BCUT2D eigenvalue weighted by Crippen LogP contribution is 2.35. The lowest BCUT2D eigenvalue weighted by Gasteiger charge is -1.96. The zero-order valence-electron chi connectivity index (χ0n) is 11.9. The SMILES string of the molecule is COc1ccc2sc(Nc3nc(-c4ccc(Br)s4)cs3)nc2c1. The summed E-state index contributed by atoms with van der Waals surface area (Å²) in [6, 6.07) is 10.0. The molecule has 1 aromatic carbocycles. The normalized spacial score (nSPS) is 11.0. The third-order valence-electron chi connectivity index (χ3n) is 3.14. The van der Waals surface area contributed by atoms with Gasteiger partial charge in [0.2, 0.25) is 0 Å². The fraction of sp³-hybridized carbons (Fsp3) is 0.0667. The van der Waals surface area contributed by atoms with E-state index in [1.165, 1.54) is 0 Å². The Balaban J connectivity index is 1.59. The highest BCUT2D eigenvalue weighted by Gasteiger charge is 2.10. The lowest BCUT2D eigenvalue weighted by molar-refractivity contribution is 0.415. The van der Waals surface area contributed by atoms with E-state index in [0.717, 1.165) is 40.6 Å². The van der Waals surface area contributed by atoms with E-state index in [4.69, 9.17) is 4.74 Å². The molecule has 23 heavy (non-hydrogen) atoms. The minimum atomic E-state index is 0.814. The number of thiazole rings is 2. The topological polar surface area (TPSA) is 47.0 Å². The maximum atomic E-state index is 5.24. The monoisotopic (exact) mass is 423 g/mol. The van der Waals surface area contributed by atoms with Crippen molar-refractivity contribution in [2.75, 3.05) is 12.4 Å². The number of methoxy groups -OCH3 is 1. The summed E-state index contributed by atoms with van der Waals surface area (Å²) in [6.07, 6.45) is 0. The van der Waals surface area contributed by atoms with Gasteiger partial charge < -0.3 is 10.1 Å². The summed E-state index contributed by atoms with van der Waals surface area (Å²) < 4.78 is 7.46. The van der Waals surface area contributed by atoms with Crippen molar-refractivity contribution in [3.05, 3.63) is 39.5 Å². The second-order valence-electron chi connectivity index (χ2n) is 4.62. The van der Waals surface area contributed by atoms with Crippen molar-refractivity contribution in [2.24, 2.45) is 0 Å². The molecule has 4 nitrogen and oxygen atoms in total. The molecule has 116 valence electrons. The number of fused-ring (bicyclic) bond motifs is 1. The first kappa shape index (κ1) is 15.1. The van der Waals surface area contributed by atoms with E-state index >= 15 is 0 Å². The van der Waals surface area contributed by atoms with Crippen molar-refractivity contribution in [1.29, 1.82) is 0 Å². The first-order valence-corrected chi connectivity index (χ1v) is 9.95. The van der Waals surface area contributed by atoms with Gasteiger partial charge in [0.15, 0.2) is 10.3 Å². The van der Waals surface area contributed by atoms with Crippen LogP contribution in [0.15, 0.2) is 39.5 Å². The first-order chi connectivity index (χ1) is 11.2. The van der Waals surface area contributed by atoms with E-state index in [-0.39, 0.29) is 0 Å². The van der Waals surface area contributed by atoms with Gasteiger partial charge in [-0.2, -0.15) is 0 Å². The lowest BCUT2D eigenvalue weighted by atomic mass is 10.3. The number of anilines is 2. The molecule has 3 aromatic heterocycles. The standard InChI is InChI=1S/C15H10BrN3OS3/c1-20-8-2-3-11-9(6-8)17-15(23-11)19-14-18-10(7-21-14)12-4-5-13(16)22-12/h2-7H,1H3,(H,17,18,19). The Morgan fingerprint density at radius 3 is 2.78 bits per heavy atom. The first-order valence-electron chi connectivity index (χ1n) is 6.64. The summed E-state index contributed by atoms with van der Waals surface area (Å²) in [6.45, 7) is 0. The third kappa shape index (κ3) is 3.12. The number of nitrogens with one attached hydrogen (secondary N) is 1. The molecular formula is C15H10BrN3OS3. The van der Waals surface area contributed by atoms with Gasteiger partial charge in [0.1, 0.15) is 5.75 Å². The van der Waals surface area contributed by atoms with Crippen LogP contribution in [0.25, 0.3) is 20.8 Å². The van der Waals surface area contributed by atoms with Crippen LogP contribution in [0.3, 0.4) is 0 Å². The number of nitrogens with zero attached hydrogens (tertiary/aromatic N) is 2. The summed E-state index contributed by atoms with van der Waals surface area (Å²) in [4.78, 5) is 10.4. The summed E-state index contributed by atoms with van der Waals surface area (Å²) >= 11 is 8.34. The highest BCUT2D eigenvalue weighted by atomic mass is 79.9. The molecule has 4 aromatic rings. The summed E-state index contributed by atoms with van der Waals surface area (Å²) in [5, 5.41) is 7.03. The largest absolute Gasteiger partial charge is 0.497 e. The zero-order valence-corrected chi connectivity index (χ0v) is 15.9. The van der Waals surface area contributed by atoms with Crippen LogP contribution in [0.4, 0.5) is 10.3 Å².